The molecule has 0 amide bonds. The molecule has 2 atom stereocenters. The van der Waals surface area contributed by atoms with Crippen molar-refractivity contribution in [3.63, 3.8) is 0 Å². The van der Waals surface area contributed by atoms with Crippen molar-refractivity contribution in [1.29, 1.82) is 0 Å². The molecular weight excluding hydrogens is 272 g/mol. The fourth-order valence-electron chi connectivity index (χ4n) is 2.02. The van der Waals surface area contributed by atoms with Crippen LogP contribution in [0.15, 0.2) is 36.4 Å². The molecule has 1 aromatic rings. The Morgan fingerprint density at radius 2 is 2.10 bits per heavy atom. The lowest BCUT2D eigenvalue weighted by molar-refractivity contribution is -0.131. The summed E-state index contributed by atoms with van der Waals surface area (Å²) in [5.74, 6) is -0.444. The van der Waals surface area contributed by atoms with Crippen molar-refractivity contribution in [3.8, 4) is 5.75 Å². The van der Waals surface area contributed by atoms with Crippen molar-refractivity contribution in [2.45, 2.75) is 25.9 Å². The summed E-state index contributed by atoms with van der Waals surface area (Å²) >= 11 is 0. The topological polar surface area (TPSA) is 87.0 Å². The molecule has 0 saturated heterocycles. The molecule has 21 heavy (non-hydrogen) atoms. The van der Waals surface area contributed by atoms with Crippen LogP contribution in [0.4, 0.5) is 0 Å². The minimum Gasteiger partial charge on any atom is -0.491 e. The van der Waals surface area contributed by atoms with Gasteiger partial charge >= 0.3 is 5.97 Å². The summed E-state index contributed by atoms with van der Waals surface area (Å²) < 4.78 is 5.41. The van der Waals surface area contributed by atoms with Gasteiger partial charge in [-0.3, -0.25) is 0 Å². The highest BCUT2D eigenvalue weighted by Crippen LogP contribution is 2.32. The maximum Gasteiger partial charge on any atom is 0.327 e. The van der Waals surface area contributed by atoms with E-state index in [0.29, 0.717) is 24.2 Å². The van der Waals surface area contributed by atoms with Crippen molar-refractivity contribution in [1.82, 2.24) is 0 Å². The second-order valence-electron chi connectivity index (χ2n) is 4.85. The first-order valence-electron chi connectivity index (χ1n) is 6.96. The van der Waals surface area contributed by atoms with E-state index >= 15 is 0 Å². The maximum atomic E-state index is 10.4. The molecular formula is C16H22O5. The molecule has 0 aromatic heterocycles. The van der Waals surface area contributed by atoms with Gasteiger partial charge in [0.2, 0.25) is 0 Å². The first kappa shape index (κ1) is 17.2. The quantitative estimate of drug-likeness (QED) is 0.607. The zero-order chi connectivity index (χ0) is 15.7. The Bertz CT molecular complexity index is 469. The van der Waals surface area contributed by atoms with Gasteiger partial charge in [0, 0.05) is 11.6 Å². The first-order chi connectivity index (χ1) is 10.1. The molecule has 0 aliphatic heterocycles. The number of rotatable bonds is 9. The molecule has 0 spiro atoms. The van der Waals surface area contributed by atoms with Gasteiger partial charge in [0.1, 0.15) is 12.4 Å². The van der Waals surface area contributed by atoms with Gasteiger partial charge in [-0.1, -0.05) is 31.2 Å². The van der Waals surface area contributed by atoms with Gasteiger partial charge in [0.25, 0.3) is 0 Å². The first-order valence-corrected chi connectivity index (χ1v) is 6.96. The minimum atomic E-state index is -0.967. The van der Waals surface area contributed by atoms with Crippen LogP contribution in [0, 0.1) is 5.92 Å². The summed E-state index contributed by atoms with van der Waals surface area (Å²) in [4.78, 5) is 10.4. The van der Waals surface area contributed by atoms with Crippen LogP contribution in [0.2, 0.25) is 0 Å². The lowest BCUT2D eigenvalue weighted by atomic mass is 9.92. The van der Waals surface area contributed by atoms with Gasteiger partial charge in [0.05, 0.1) is 12.7 Å². The highest BCUT2D eigenvalue weighted by atomic mass is 16.5. The molecule has 0 radical (unpaired) electrons. The predicted octanol–water partition coefficient (Wildman–Crippen LogP) is 2.15. The van der Waals surface area contributed by atoms with Crippen LogP contribution in [-0.2, 0) is 4.79 Å². The monoisotopic (exact) mass is 294 g/mol. The van der Waals surface area contributed by atoms with E-state index < -0.39 is 12.1 Å². The van der Waals surface area contributed by atoms with Crippen molar-refractivity contribution in [2.24, 2.45) is 5.92 Å². The summed E-state index contributed by atoms with van der Waals surface area (Å²) in [6.45, 7) is 2.00. The number of aliphatic hydroxyl groups excluding tert-OH is 2. The summed E-state index contributed by atoms with van der Waals surface area (Å²) in [7, 11) is 0. The summed E-state index contributed by atoms with van der Waals surface area (Å²) in [5, 5.41) is 27.7. The van der Waals surface area contributed by atoms with Crippen molar-refractivity contribution in [3.05, 3.63) is 42.0 Å². The molecule has 5 heteroatoms. The highest BCUT2D eigenvalue weighted by molar-refractivity contribution is 5.79. The molecule has 0 heterocycles. The van der Waals surface area contributed by atoms with Crippen LogP contribution in [-0.4, -0.2) is 34.5 Å². The van der Waals surface area contributed by atoms with Gasteiger partial charge in [0.15, 0.2) is 0 Å². The Hall–Kier alpha value is -1.85. The molecule has 1 aromatic carbocycles. The third kappa shape index (κ3) is 5.97. The smallest absolute Gasteiger partial charge is 0.327 e. The normalized spacial score (nSPS) is 14.0. The van der Waals surface area contributed by atoms with Gasteiger partial charge in [-0.2, -0.15) is 0 Å². The molecule has 0 bridgehead atoms. The van der Waals surface area contributed by atoms with E-state index in [9.17, 15) is 9.90 Å². The molecule has 0 aliphatic rings. The number of para-hydroxylation sites is 1. The fraction of sp³-hybridized carbons (Fsp3) is 0.438. The van der Waals surface area contributed by atoms with Gasteiger partial charge in [-0.05, 0) is 24.8 Å². The van der Waals surface area contributed by atoms with E-state index in [4.69, 9.17) is 14.9 Å². The van der Waals surface area contributed by atoms with Crippen LogP contribution >= 0.6 is 0 Å². The number of aliphatic carboxylic acids is 1. The number of carbonyl (C=O) groups is 1. The second-order valence-corrected chi connectivity index (χ2v) is 4.85. The third-order valence-electron chi connectivity index (χ3n) is 3.17. The van der Waals surface area contributed by atoms with E-state index in [0.717, 1.165) is 6.08 Å². The van der Waals surface area contributed by atoms with Crippen LogP contribution < -0.4 is 4.74 Å². The fourth-order valence-corrected chi connectivity index (χ4v) is 2.02. The number of carboxylic acids is 1. The Balaban J connectivity index is 2.64. The average molecular weight is 294 g/mol. The number of ether oxygens (including phenoxy) is 1. The lowest BCUT2D eigenvalue weighted by Crippen LogP contribution is -2.12. The van der Waals surface area contributed by atoms with Gasteiger partial charge in [-0.15, -0.1) is 0 Å². The Morgan fingerprint density at radius 1 is 1.38 bits per heavy atom. The number of benzene rings is 1. The van der Waals surface area contributed by atoms with E-state index in [1.54, 1.807) is 18.2 Å². The molecule has 5 nitrogen and oxygen atoms in total. The van der Waals surface area contributed by atoms with Crippen LogP contribution in [0.25, 0.3) is 0 Å². The molecule has 116 valence electrons. The van der Waals surface area contributed by atoms with Crippen molar-refractivity contribution >= 4 is 5.97 Å². The third-order valence-corrected chi connectivity index (χ3v) is 3.17. The predicted molar refractivity (Wildman–Crippen MR) is 79.2 cm³/mol. The van der Waals surface area contributed by atoms with Crippen LogP contribution in [0.5, 0.6) is 5.75 Å². The zero-order valence-electron chi connectivity index (χ0n) is 12.1. The van der Waals surface area contributed by atoms with Gasteiger partial charge < -0.3 is 20.1 Å². The van der Waals surface area contributed by atoms with Crippen LogP contribution in [0.3, 0.4) is 0 Å². The van der Waals surface area contributed by atoms with E-state index in [1.807, 2.05) is 19.1 Å². The number of carboxylic acid groups (broad SMARTS) is 1. The largest absolute Gasteiger partial charge is 0.491 e. The Kier molecular flexibility index (Phi) is 7.50. The summed E-state index contributed by atoms with van der Waals surface area (Å²) in [6.07, 6.45) is 3.25. The summed E-state index contributed by atoms with van der Waals surface area (Å²) in [6, 6.07) is 7.18. The van der Waals surface area contributed by atoms with E-state index in [2.05, 4.69) is 0 Å². The molecule has 0 saturated carbocycles. The number of aliphatic hydroxyl groups is 2. The van der Waals surface area contributed by atoms with Crippen LogP contribution in [0.1, 0.15) is 31.4 Å². The maximum absolute atomic E-state index is 10.4. The SMILES string of the molecule is C[C@@H](CC/C=C/C(=O)O)[C@H](O)c1ccccc1OCCO. The molecule has 0 unspecified atom stereocenters. The lowest BCUT2D eigenvalue weighted by Gasteiger charge is -2.21. The minimum absolute atomic E-state index is 0.0395. The van der Waals surface area contributed by atoms with E-state index in [1.165, 1.54) is 0 Å². The Morgan fingerprint density at radius 3 is 2.76 bits per heavy atom. The molecule has 0 aliphatic carbocycles. The number of allylic oxidation sites excluding steroid dienone is 1. The zero-order valence-corrected chi connectivity index (χ0v) is 12.1. The van der Waals surface area contributed by atoms with Gasteiger partial charge in [-0.25, -0.2) is 4.79 Å². The Labute approximate surface area is 124 Å². The molecule has 0 fully saturated rings. The average Bonchev–Trinajstić information content (AvgIpc) is 2.48. The number of hydrogen-bond donors (Lipinski definition) is 3. The molecule has 1 rings (SSSR count). The summed E-state index contributed by atoms with van der Waals surface area (Å²) in [5.41, 5.74) is 0.681. The second kappa shape index (κ2) is 9.15. The molecule has 3 N–H and O–H groups in total. The standard InChI is InChI=1S/C16H22O5/c1-12(6-2-5-9-15(18)19)16(20)13-7-3-4-8-14(13)21-11-10-17/h3-5,7-9,12,16-17,20H,2,6,10-11H2,1H3,(H,18,19)/b9-5+/t12-,16-/m0/s1. The number of hydrogen-bond acceptors (Lipinski definition) is 4. The van der Waals surface area contributed by atoms with Crippen molar-refractivity contribution in [2.75, 3.05) is 13.2 Å². The van der Waals surface area contributed by atoms with E-state index in [-0.39, 0.29) is 19.1 Å². The van der Waals surface area contributed by atoms with Crippen molar-refractivity contribution < 1.29 is 24.9 Å². The highest BCUT2D eigenvalue weighted by Gasteiger charge is 2.19.